The van der Waals surface area contributed by atoms with Crippen molar-refractivity contribution in [1.82, 2.24) is 4.90 Å². The molecule has 29 heavy (non-hydrogen) atoms. The molecule has 0 saturated heterocycles. The molecule has 0 aliphatic heterocycles. The highest BCUT2D eigenvalue weighted by molar-refractivity contribution is 4.57. The van der Waals surface area contributed by atoms with Crippen LogP contribution in [-0.4, -0.2) is 129 Å². The van der Waals surface area contributed by atoms with Gasteiger partial charge in [0.1, 0.15) is 0 Å². The van der Waals surface area contributed by atoms with Crippen molar-refractivity contribution in [2.24, 2.45) is 0 Å². The molecular weight excluding hydrogens is 382 g/mol. The van der Waals surface area contributed by atoms with Crippen LogP contribution in [0, 0.1) is 0 Å². The Balaban J connectivity index is 3.74. The zero-order chi connectivity index (χ0) is 21.3. The van der Waals surface area contributed by atoms with Crippen LogP contribution in [0.1, 0.15) is 13.8 Å². The van der Waals surface area contributed by atoms with Gasteiger partial charge in [0.05, 0.1) is 85.9 Å². The van der Waals surface area contributed by atoms with Crippen LogP contribution in [-0.2, 0) is 33.2 Å². The summed E-state index contributed by atoms with van der Waals surface area (Å²) in [5.74, 6) is 0. The lowest BCUT2D eigenvalue weighted by Crippen LogP contribution is -2.34. The molecule has 0 bridgehead atoms. The number of ether oxygens (including phenoxy) is 7. The molecule has 0 aliphatic carbocycles. The molecule has 9 heteroatoms. The second kappa shape index (κ2) is 25.7. The summed E-state index contributed by atoms with van der Waals surface area (Å²) in [6, 6.07) is 0. The highest BCUT2D eigenvalue weighted by Gasteiger charge is 2.05. The highest BCUT2D eigenvalue weighted by Crippen LogP contribution is 1.92. The Hall–Kier alpha value is -0.360. The molecule has 0 fully saturated rings. The number of aliphatic hydroxyl groups is 1. The van der Waals surface area contributed by atoms with Gasteiger partial charge in [0.25, 0.3) is 0 Å². The molecule has 1 N–H and O–H groups in total. The van der Waals surface area contributed by atoms with Crippen molar-refractivity contribution in [3.8, 4) is 0 Å². The summed E-state index contributed by atoms with van der Waals surface area (Å²) in [5.41, 5.74) is 0. The Morgan fingerprint density at radius 2 is 0.759 bits per heavy atom. The average Bonchev–Trinajstić information content (AvgIpc) is 2.73. The molecule has 0 radical (unpaired) electrons. The largest absolute Gasteiger partial charge is 0.394 e. The van der Waals surface area contributed by atoms with Gasteiger partial charge in [-0.25, -0.2) is 0 Å². The molecule has 0 unspecified atom stereocenters. The van der Waals surface area contributed by atoms with E-state index in [1.165, 1.54) is 0 Å². The monoisotopic (exact) mass is 425 g/mol. The summed E-state index contributed by atoms with van der Waals surface area (Å²) in [6.07, 6.45) is 0. The fourth-order valence-electron chi connectivity index (χ4n) is 2.25. The summed E-state index contributed by atoms with van der Waals surface area (Å²) in [4.78, 5) is 2.27. The van der Waals surface area contributed by atoms with Crippen LogP contribution < -0.4 is 0 Å². The van der Waals surface area contributed by atoms with Crippen molar-refractivity contribution in [1.29, 1.82) is 0 Å². The van der Waals surface area contributed by atoms with Crippen molar-refractivity contribution in [2.75, 3.05) is 119 Å². The van der Waals surface area contributed by atoms with E-state index in [-0.39, 0.29) is 6.61 Å². The molecular formula is C20H43NO8. The summed E-state index contributed by atoms with van der Waals surface area (Å²) in [5, 5.41) is 8.60. The molecule has 0 spiro atoms. The Kier molecular flexibility index (Phi) is 25.4. The molecule has 176 valence electrons. The first kappa shape index (κ1) is 28.6. The number of nitrogens with zero attached hydrogens (tertiary/aromatic N) is 1. The quantitative estimate of drug-likeness (QED) is 0.209. The van der Waals surface area contributed by atoms with Gasteiger partial charge in [-0.1, -0.05) is 0 Å². The zero-order valence-electron chi connectivity index (χ0n) is 18.5. The van der Waals surface area contributed by atoms with E-state index in [1.807, 2.05) is 13.8 Å². The fourth-order valence-corrected chi connectivity index (χ4v) is 2.25. The van der Waals surface area contributed by atoms with Crippen LogP contribution >= 0.6 is 0 Å². The average molecular weight is 426 g/mol. The van der Waals surface area contributed by atoms with Crippen molar-refractivity contribution in [3.63, 3.8) is 0 Å². The molecule has 9 nitrogen and oxygen atoms in total. The molecule has 0 aromatic heterocycles. The molecule has 0 saturated carbocycles. The third kappa shape index (κ3) is 23.8. The Morgan fingerprint density at radius 1 is 0.448 bits per heavy atom. The zero-order valence-corrected chi connectivity index (χ0v) is 18.5. The van der Waals surface area contributed by atoms with E-state index in [0.29, 0.717) is 92.5 Å². The number of aliphatic hydroxyl groups excluding tert-OH is 1. The van der Waals surface area contributed by atoms with Gasteiger partial charge in [-0.05, 0) is 13.8 Å². The highest BCUT2D eigenvalue weighted by atomic mass is 16.5. The summed E-state index contributed by atoms with van der Waals surface area (Å²) >= 11 is 0. The molecule has 0 amide bonds. The maximum absolute atomic E-state index is 8.60. The molecule has 0 aromatic rings. The molecule has 0 aliphatic rings. The lowest BCUT2D eigenvalue weighted by Gasteiger charge is -2.22. The fraction of sp³-hybridized carbons (Fsp3) is 1.00. The maximum atomic E-state index is 8.60. The number of hydrogen-bond acceptors (Lipinski definition) is 9. The summed E-state index contributed by atoms with van der Waals surface area (Å²) < 4.78 is 37.9. The van der Waals surface area contributed by atoms with Crippen molar-refractivity contribution in [2.45, 2.75) is 13.8 Å². The van der Waals surface area contributed by atoms with Crippen LogP contribution in [0.2, 0.25) is 0 Å². The molecule has 0 atom stereocenters. The number of rotatable bonds is 25. The van der Waals surface area contributed by atoms with E-state index < -0.39 is 0 Å². The van der Waals surface area contributed by atoms with Crippen LogP contribution in [0.3, 0.4) is 0 Å². The minimum absolute atomic E-state index is 0.0364. The van der Waals surface area contributed by atoms with E-state index in [2.05, 4.69) is 4.90 Å². The van der Waals surface area contributed by atoms with E-state index in [9.17, 15) is 0 Å². The minimum atomic E-state index is 0.0364. The Morgan fingerprint density at radius 3 is 1.10 bits per heavy atom. The van der Waals surface area contributed by atoms with Crippen molar-refractivity contribution >= 4 is 0 Å². The maximum Gasteiger partial charge on any atom is 0.0701 e. The predicted molar refractivity (Wildman–Crippen MR) is 111 cm³/mol. The second-order valence-corrected chi connectivity index (χ2v) is 6.02. The van der Waals surface area contributed by atoms with Gasteiger partial charge in [-0.2, -0.15) is 0 Å². The predicted octanol–water partition coefficient (Wildman–Crippen LogP) is 0.437. The smallest absolute Gasteiger partial charge is 0.0701 e. The van der Waals surface area contributed by atoms with Crippen LogP contribution in [0.15, 0.2) is 0 Å². The standard InChI is InChI=1S/C20H43NO8/c1-3-23-13-15-25-9-5-21(6-10-26-16-14-24-4-2)7-11-27-17-19-29-20-18-28-12-8-22/h22H,3-20H2,1-2H3. The van der Waals surface area contributed by atoms with Gasteiger partial charge >= 0.3 is 0 Å². The van der Waals surface area contributed by atoms with Gasteiger partial charge in [0, 0.05) is 32.8 Å². The normalized spacial score (nSPS) is 11.6. The third-order valence-electron chi connectivity index (χ3n) is 3.79. The first-order valence-corrected chi connectivity index (χ1v) is 10.7. The summed E-state index contributed by atoms with van der Waals surface area (Å²) in [6.45, 7) is 14.7. The molecule has 0 heterocycles. The van der Waals surface area contributed by atoms with E-state index in [4.69, 9.17) is 38.3 Å². The third-order valence-corrected chi connectivity index (χ3v) is 3.79. The number of hydrogen-bond donors (Lipinski definition) is 1. The van der Waals surface area contributed by atoms with Crippen LogP contribution in [0.25, 0.3) is 0 Å². The lowest BCUT2D eigenvalue weighted by molar-refractivity contribution is -0.00147. The Labute approximate surface area is 176 Å². The first-order chi connectivity index (χ1) is 14.3. The van der Waals surface area contributed by atoms with E-state index in [1.54, 1.807) is 0 Å². The minimum Gasteiger partial charge on any atom is -0.394 e. The van der Waals surface area contributed by atoms with Crippen molar-refractivity contribution < 1.29 is 38.3 Å². The van der Waals surface area contributed by atoms with Crippen molar-refractivity contribution in [3.05, 3.63) is 0 Å². The topological polar surface area (TPSA) is 88.1 Å². The van der Waals surface area contributed by atoms with E-state index >= 15 is 0 Å². The second-order valence-electron chi connectivity index (χ2n) is 6.02. The molecule has 0 aromatic carbocycles. The van der Waals surface area contributed by atoms with Gasteiger partial charge in [-0.15, -0.1) is 0 Å². The SMILES string of the molecule is CCOCCOCCN(CCOCCOCC)CCOCCOCCOCCO. The Bertz CT molecular complexity index is 284. The lowest BCUT2D eigenvalue weighted by atomic mass is 10.4. The van der Waals surface area contributed by atoms with Crippen LogP contribution in [0.4, 0.5) is 0 Å². The van der Waals surface area contributed by atoms with E-state index in [0.717, 1.165) is 19.6 Å². The van der Waals surface area contributed by atoms with Gasteiger partial charge in [-0.3, -0.25) is 4.90 Å². The van der Waals surface area contributed by atoms with Gasteiger partial charge in [0.15, 0.2) is 0 Å². The summed E-state index contributed by atoms with van der Waals surface area (Å²) in [7, 11) is 0. The van der Waals surface area contributed by atoms with Crippen LogP contribution in [0.5, 0.6) is 0 Å². The van der Waals surface area contributed by atoms with Gasteiger partial charge < -0.3 is 38.3 Å². The van der Waals surface area contributed by atoms with Gasteiger partial charge in [0.2, 0.25) is 0 Å². The molecule has 0 rings (SSSR count). The first-order valence-electron chi connectivity index (χ1n) is 10.7.